The lowest BCUT2D eigenvalue weighted by atomic mass is 10.1. The first-order chi connectivity index (χ1) is 9.70. The highest BCUT2D eigenvalue weighted by atomic mass is 19.1. The average Bonchev–Trinajstić information content (AvgIpc) is 2.46. The molecule has 1 amide bonds. The van der Waals surface area contributed by atoms with Crippen LogP contribution in [0.2, 0.25) is 0 Å². The maximum atomic E-state index is 13.1. The van der Waals surface area contributed by atoms with Crippen LogP contribution in [0.5, 0.6) is 0 Å². The number of amides is 1. The predicted molar refractivity (Wildman–Crippen MR) is 71.9 cm³/mol. The molecular formula is C14H15FN2O3. The van der Waals surface area contributed by atoms with Crippen LogP contribution in [0, 0.1) is 5.82 Å². The number of ether oxygens (including phenoxy) is 1. The number of fused-ring (bicyclic) bond motifs is 1. The van der Waals surface area contributed by atoms with Crippen molar-refractivity contribution in [1.29, 1.82) is 0 Å². The van der Waals surface area contributed by atoms with E-state index in [2.05, 4.69) is 10.3 Å². The van der Waals surface area contributed by atoms with Crippen molar-refractivity contribution in [3.63, 3.8) is 0 Å². The van der Waals surface area contributed by atoms with E-state index >= 15 is 0 Å². The molecule has 1 heterocycles. The molecule has 0 saturated heterocycles. The van der Waals surface area contributed by atoms with E-state index in [1.165, 1.54) is 18.3 Å². The topological polar surface area (TPSA) is 71.5 Å². The molecule has 0 bridgehead atoms. The van der Waals surface area contributed by atoms with Gasteiger partial charge in [-0.2, -0.15) is 0 Å². The number of aliphatic hydroxyl groups excluding tert-OH is 1. The Bertz CT molecular complexity index is 604. The number of benzene rings is 1. The normalized spacial score (nSPS) is 10.7. The third-order valence-corrected chi connectivity index (χ3v) is 2.67. The first-order valence-electron chi connectivity index (χ1n) is 6.23. The number of rotatable bonds is 6. The van der Waals surface area contributed by atoms with Crippen molar-refractivity contribution in [1.82, 2.24) is 10.3 Å². The van der Waals surface area contributed by atoms with Crippen LogP contribution in [-0.4, -0.2) is 42.4 Å². The largest absolute Gasteiger partial charge is 0.394 e. The minimum atomic E-state index is -0.366. The molecule has 2 aromatic rings. The number of hydrogen-bond acceptors (Lipinski definition) is 4. The molecule has 2 rings (SSSR count). The lowest BCUT2D eigenvalue weighted by Crippen LogP contribution is -2.27. The van der Waals surface area contributed by atoms with Crippen molar-refractivity contribution in [2.75, 3.05) is 26.4 Å². The van der Waals surface area contributed by atoms with Crippen LogP contribution in [-0.2, 0) is 4.74 Å². The summed E-state index contributed by atoms with van der Waals surface area (Å²) in [7, 11) is 0. The van der Waals surface area contributed by atoms with Gasteiger partial charge in [0.1, 0.15) is 5.82 Å². The smallest absolute Gasteiger partial charge is 0.252 e. The molecule has 1 aromatic heterocycles. The highest BCUT2D eigenvalue weighted by Gasteiger charge is 2.07. The molecule has 0 radical (unpaired) electrons. The van der Waals surface area contributed by atoms with Crippen molar-refractivity contribution in [3.05, 3.63) is 41.8 Å². The first-order valence-corrected chi connectivity index (χ1v) is 6.23. The van der Waals surface area contributed by atoms with Crippen molar-refractivity contribution in [2.24, 2.45) is 0 Å². The van der Waals surface area contributed by atoms with Crippen LogP contribution < -0.4 is 5.32 Å². The molecule has 0 fully saturated rings. The van der Waals surface area contributed by atoms with Crippen molar-refractivity contribution >= 4 is 16.8 Å². The van der Waals surface area contributed by atoms with Crippen molar-refractivity contribution in [3.8, 4) is 0 Å². The minimum Gasteiger partial charge on any atom is -0.394 e. The maximum Gasteiger partial charge on any atom is 0.252 e. The highest BCUT2D eigenvalue weighted by Crippen LogP contribution is 2.14. The van der Waals surface area contributed by atoms with E-state index in [-0.39, 0.29) is 24.9 Å². The zero-order valence-electron chi connectivity index (χ0n) is 10.8. The second-order valence-corrected chi connectivity index (χ2v) is 4.15. The summed E-state index contributed by atoms with van der Waals surface area (Å²) in [6, 6.07) is 5.82. The summed E-state index contributed by atoms with van der Waals surface area (Å²) in [5.41, 5.74) is 1.000. The number of halogens is 1. The van der Waals surface area contributed by atoms with Gasteiger partial charge in [-0.05, 0) is 24.3 Å². The predicted octanol–water partition coefficient (Wildman–Crippen LogP) is 1.11. The zero-order valence-corrected chi connectivity index (χ0v) is 10.8. The summed E-state index contributed by atoms with van der Waals surface area (Å²) in [5, 5.41) is 11.8. The number of carbonyl (C=O) groups is 1. The fourth-order valence-electron chi connectivity index (χ4n) is 1.73. The van der Waals surface area contributed by atoms with Crippen LogP contribution in [0.4, 0.5) is 4.39 Å². The third kappa shape index (κ3) is 3.72. The van der Waals surface area contributed by atoms with Gasteiger partial charge in [0.05, 0.1) is 30.9 Å². The minimum absolute atomic E-state index is 0.0475. The van der Waals surface area contributed by atoms with E-state index < -0.39 is 0 Å². The Kier molecular flexibility index (Phi) is 4.97. The summed E-state index contributed by atoms with van der Waals surface area (Å²) in [4.78, 5) is 16.0. The second kappa shape index (κ2) is 6.93. The van der Waals surface area contributed by atoms with Crippen LogP contribution in [0.15, 0.2) is 30.5 Å². The monoisotopic (exact) mass is 278 g/mol. The molecule has 0 atom stereocenters. The molecule has 6 heteroatoms. The van der Waals surface area contributed by atoms with E-state index in [0.29, 0.717) is 29.6 Å². The molecule has 0 aliphatic heterocycles. The van der Waals surface area contributed by atoms with Crippen LogP contribution in [0.1, 0.15) is 10.4 Å². The lowest BCUT2D eigenvalue weighted by molar-refractivity contribution is 0.0838. The van der Waals surface area contributed by atoms with E-state index in [0.717, 1.165) is 0 Å². The molecule has 0 aliphatic carbocycles. The Morgan fingerprint density at radius 1 is 1.35 bits per heavy atom. The van der Waals surface area contributed by atoms with Gasteiger partial charge in [0, 0.05) is 18.1 Å². The quantitative estimate of drug-likeness (QED) is 0.777. The van der Waals surface area contributed by atoms with E-state index in [4.69, 9.17) is 9.84 Å². The summed E-state index contributed by atoms with van der Waals surface area (Å²) < 4.78 is 18.2. The summed E-state index contributed by atoms with van der Waals surface area (Å²) in [5.74, 6) is -0.662. The number of aliphatic hydroxyl groups is 1. The van der Waals surface area contributed by atoms with E-state index in [1.807, 2.05) is 0 Å². The van der Waals surface area contributed by atoms with Gasteiger partial charge in [-0.1, -0.05) is 0 Å². The Hall–Kier alpha value is -2.05. The van der Waals surface area contributed by atoms with E-state index in [9.17, 15) is 9.18 Å². The summed E-state index contributed by atoms with van der Waals surface area (Å²) in [6.45, 7) is 0.850. The van der Waals surface area contributed by atoms with Gasteiger partial charge < -0.3 is 15.2 Å². The molecule has 2 N–H and O–H groups in total. The number of nitrogens with zero attached hydrogens (tertiary/aromatic N) is 1. The van der Waals surface area contributed by atoms with E-state index in [1.54, 1.807) is 12.1 Å². The second-order valence-electron chi connectivity index (χ2n) is 4.15. The Balaban J connectivity index is 1.99. The standard InChI is InChI=1S/C14H15FN2O3/c15-12-1-2-13-10(8-12)7-11(9-17-13)14(19)16-3-5-20-6-4-18/h1-2,7-9,18H,3-6H2,(H,16,19). The molecule has 5 nitrogen and oxygen atoms in total. The van der Waals surface area contributed by atoms with Gasteiger partial charge in [-0.15, -0.1) is 0 Å². The molecule has 1 aromatic carbocycles. The van der Waals surface area contributed by atoms with Crippen molar-refractivity contribution in [2.45, 2.75) is 0 Å². The number of carbonyl (C=O) groups excluding carboxylic acids is 1. The summed E-state index contributed by atoms with van der Waals surface area (Å²) in [6.07, 6.45) is 1.45. The Morgan fingerprint density at radius 2 is 2.20 bits per heavy atom. The molecule has 0 aliphatic rings. The molecule has 20 heavy (non-hydrogen) atoms. The number of aromatic nitrogens is 1. The van der Waals surface area contributed by atoms with Gasteiger partial charge in [0.15, 0.2) is 0 Å². The van der Waals surface area contributed by atoms with Crippen LogP contribution in [0.25, 0.3) is 10.9 Å². The third-order valence-electron chi connectivity index (χ3n) is 2.67. The first kappa shape index (κ1) is 14.4. The highest BCUT2D eigenvalue weighted by molar-refractivity contribution is 5.97. The molecule has 0 unspecified atom stereocenters. The average molecular weight is 278 g/mol. The molecule has 106 valence electrons. The van der Waals surface area contributed by atoms with Crippen molar-refractivity contribution < 1.29 is 19.0 Å². The van der Waals surface area contributed by atoms with Gasteiger partial charge in [-0.3, -0.25) is 9.78 Å². The van der Waals surface area contributed by atoms with Gasteiger partial charge >= 0.3 is 0 Å². The molecule has 0 saturated carbocycles. The lowest BCUT2D eigenvalue weighted by Gasteiger charge is -2.06. The molecule has 0 spiro atoms. The maximum absolute atomic E-state index is 13.1. The Labute approximate surface area is 115 Å². The molecular weight excluding hydrogens is 263 g/mol. The number of nitrogens with one attached hydrogen (secondary N) is 1. The SMILES string of the molecule is O=C(NCCOCCO)c1cnc2ccc(F)cc2c1. The summed E-state index contributed by atoms with van der Waals surface area (Å²) >= 11 is 0. The van der Waals surface area contributed by atoms with Gasteiger partial charge in [0.25, 0.3) is 5.91 Å². The van der Waals surface area contributed by atoms with Gasteiger partial charge in [0.2, 0.25) is 0 Å². The van der Waals surface area contributed by atoms with Gasteiger partial charge in [-0.25, -0.2) is 4.39 Å². The Morgan fingerprint density at radius 3 is 3.00 bits per heavy atom. The van der Waals surface area contributed by atoms with Crippen LogP contribution >= 0.6 is 0 Å². The van der Waals surface area contributed by atoms with Crippen LogP contribution in [0.3, 0.4) is 0 Å². The fraction of sp³-hybridized carbons (Fsp3) is 0.286. The number of hydrogen-bond donors (Lipinski definition) is 2. The fourth-order valence-corrected chi connectivity index (χ4v) is 1.73. The number of pyridine rings is 1. The zero-order chi connectivity index (χ0) is 14.4.